The number of alkyl halides is 1. The lowest BCUT2D eigenvalue weighted by molar-refractivity contribution is 0.393. The van der Waals surface area contributed by atoms with Gasteiger partial charge in [-0.1, -0.05) is 15.9 Å². The van der Waals surface area contributed by atoms with Gasteiger partial charge in [-0.15, -0.1) is 0 Å². The van der Waals surface area contributed by atoms with Crippen LogP contribution in [-0.2, 0) is 0 Å². The van der Waals surface area contributed by atoms with E-state index in [0.29, 0.717) is 22.5 Å². The predicted octanol–water partition coefficient (Wildman–Crippen LogP) is 2.40. The fourth-order valence-corrected chi connectivity index (χ4v) is 2.91. The third-order valence-corrected chi connectivity index (χ3v) is 4.63. The molecule has 124 valence electrons. The number of aromatic nitrogens is 3. The molecule has 0 aliphatic carbocycles. The fraction of sp³-hybridized carbons (Fsp3) is 0.188. The number of methoxy groups -OCH3 is 2. The smallest absolute Gasteiger partial charge is 0.347 e. The number of rotatable bonds is 4. The molecule has 8 heteroatoms. The van der Waals surface area contributed by atoms with E-state index in [1.165, 1.54) is 0 Å². The van der Waals surface area contributed by atoms with Crippen LogP contribution in [0.4, 0.5) is 5.82 Å². The van der Waals surface area contributed by atoms with Crippen LogP contribution in [0.5, 0.6) is 11.5 Å². The highest BCUT2D eigenvalue weighted by Crippen LogP contribution is 2.35. The lowest BCUT2D eigenvalue weighted by atomic mass is 10.1. The summed E-state index contributed by atoms with van der Waals surface area (Å²) in [5.41, 5.74) is 7.99. The number of nitrogen functional groups attached to an aromatic ring is 1. The van der Waals surface area contributed by atoms with Crippen molar-refractivity contribution in [3.05, 3.63) is 52.1 Å². The molecule has 1 atom stereocenters. The molecule has 2 aromatic heterocycles. The molecule has 0 saturated carbocycles. The summed E-state index contributed by atoms with van der Waals surface area (Å²) < 4.78 is 10.6. The van der Waals surface area contributed by atoms with Crippen molar-refractivity contribution in [3.8, 4) is 11.5 Å². The van der Waals surface area contributed by atoms with Gasteiger partial charge in [0.05, 0.1) is 24.6 Å². The van der Waals surface area contributed by atoms with Crippen molar-refractivity contribution in [2.75, 3.05) is 20.0 Å². The van der Waals surface area contributed by atoms with E-state index < -0.39 is 5.69 Å². The second-order valence-electron chi connectivity index (χ2n) is 5.10. The molecule has 0 amide bonds. The van der Waals surface area contributed by atoms with Crippen LogP contribution in [-0.4, -0.2) is 29.2 Å². The van der Waals surface area contributed by atoms with Gasteiger partial charge in [0.1, 0.15) is 17.0 Å². The Kier molecular flexibility index (Phi) is 4.39. The van der Waals surface area contributed by atoms with E-state index in [0.717, 1.165) is 11.1 Å². The maximum absolute atomic E-state index is 11.5. The summed E-state index contributed by atoms with van der Waals surface area (Å²) in [6.07, 6.45) is 1.68. The van der Waals surface area contributed by atoms with Crippen molar-refractivity contribution in [1.82, 2.24) is 15.0 Å². The highest BCUT2D eigenvalue weighted by molar-refractivity contribution is 9.09. The summed E-state index contributed by atoms with van der Waals surface area (Å²) in [5, 5.41) is 0. The Balaban J connectivity index is 2.08. The number of H-pyrrole nitrogens is 1. The first-order chi connectivity index (χ1) is 11.5. The first-order valence-electron chi connectivity index (χ1n) is 7.04. The van der Waals surface area contributed by atoms with Crippen molar-refractivity contribution < 1.29 is 9.47 Å². The molecule has 0 radical (unpaired) electrons. The summed E-state index contributed by atoms with van der Waals surface area (Å²) in [5.74, 6) is 1.48. The number of nitrogens with zero attached hydrogens (tertiary/aromatic N) is 2. The van der Waals surface area contributed by atoms with E-state index in [4.69, 9.17) is 15.2 Å². The van der Waals surface area contributed by atoms with Crippen molar-refractivity contribution in [1.29, 1.82) is 0 Å². The van der Waals surface area contributed by atoms with Crippen LogP contribution in [0.15, 0.2) is 35.3 Å². The van der Waals surface area contributed by atoms with Crippen molar-refractivity contribution in [2.45, 2.75) is 4.83 Å². The summed E-state index contributed by atoms with van der Waals surface area (Å²) in [6.45, 7) is 0. The molecule has 0 saturated heterocycles. The number of pyridine rings is 1. The molecule has 0 aliphatic rings. The molecular weight excluding hydrogens is 376 g/mol. The van der Waals surface area contributed by atoms with Gasteiger partial charge in [0.2, 0.25) is 0 Å². The number of benzene rings is 1. The number of hydrogen-bond donors (Lipinski definition) is 2. The van der Waals surface area contributed by atoms with E-state index in [1.54, 1.807) is 26.5 Å². The van der Waals surface area contributed by atoms with Crippen LogP contribution >= 0.6 is 15.9 Å². The van der Waals surface area contributed by atoms with E-state index in [9.17, 15) is 4.79 Å². The Morgan fingerprint density at radius 2 is 1.79 bits per heavy atom. The first-order valence-corrected chi connectivity index (χ1v) is 7.96. The number of nitrogens with one attached hydrogen (secondary N) is 1. The quantitative estimate of drug-likeness (QED) is 0.662. The number of ether oxygens (including phenoxy) is 2. The van der Waals surface area contributed by atoms with E-state index in [-0.39, 0.29) is 10.6 Å². The predicted molar refractivity (Wildman–Crippen MR) is 94.9 cm³/mol. The normalized spacial score (nSPS) is 12.1. The van der Waals surface area contributed by atoms with Gasteiger partial charge in [0.15, 0.2) is 5.82 Å². The first kappa shape index (κ1) is 16.3. The molecule has 24 heavy (non-hydrogen) atoms. The van der Waals surface area contributed by atoms with Crippen LogP contribution < -0.4 is 20.9 Å². The average Bonchev–Trinajstić information content (AvgIpc) is 2.59. The number of halogens is 1. The molecular formula is C16H15BrN4O3. The average molecular weight is 391 g/mol. The van der Waals surface area contributed by atoms with Crippen LogP contribution in [0.3, 0.4) is 0 Å². The van der Waals surface area contributed by atoms with Gasteiger partial charge < -0.3 is 20.2 Å². The van der Waals surface area contributed by atoms with Crippen LogP contribution in [0.2, 0.25) is 0 Å². The molecule has 0 spiro atoms. The Hall–Kier alpha value is -2.61. The maximum atomic E-state index is 11.5. The molecule has 1 aromatic carbocycles. The highest BCUT2D eigenvalue weighted by atomic mass is 79.9. The third kappa shape index (κ3) is 3.05. The van der Waals surface area contributed by atoms with Gasteiger partial charge in [0.25, 0.3) is 0 Å². The van der Waals surface area contributed by atoms with Crippen molar-refractivity contribution in [3.63, 3.8) is 0 Å². The topological polar surface area (TPSA) is 103 Å². The Bertz CT molecular complexity index is 935. The molecule has 7 nitrogen and oxygen atoms in total. The van der Waals surface area contributed by atoms with Crippen LogP contribution in [0.1, 0.15) is 16.0 Å². The van der Waals surface area contributed by atoms with Gasteiger partial charge in [0, 0.05) is 12.3 Å². The molecule has 0 fully saturated rings. The molecule has 2 heterocycles. The second kappa shape index (κ2) is 6.48. The Morgan fingerprint density at radius 1 is 1.12 bits per heavy atom. The molecule has 0 aliphatic heterocycles. The zero-order valence-corrected chi connectivity index (χ0v) is 14.6. The number of anilines is 1. The summed E-state index contributed by atoms with van der Waals surface area (Å²) in [4.78, 5) is 21.9. The molecule has 0 bridgehead atoms. The largest absolute Gasteiger partial charge is 0.497 e. The minimum atomic E-state index is -0.506. The van der Waals surface area contributed by atoms with Gasteiger partial charge in [-0.2, -0.15) is 4.98 Å². The second-order valence-corrected chi connectivity index (χ2v) is 6.02. The molecule has 1 unspecified atom stereocenters. The number of aromatic amines is 1. The van der Waals surface area contributed by atoms with Gasteiger partial charge >= 0.3 is 5.69 Å². The minimum Gasteiger partial charge on any atom is -0.497 e. The SMILES string of the molecule is COc1cc(OC)cc(C(Br)c2cnc3c(N)nc(=O)[nH]c3c2)c1. The fourth-order valence-electron chi connectivity index (χ4n) is 2.39. The maximum Gasteiger partial charge on any atom is 0.347 e. The monoisotopic (exact) mass is 390 g/mol. The summed E-state index contributed by atoms with van der Waals surface area (Å²) in [6, 6.07) is 7.41. The Labute approximate surface area is 146 Å². The zero-order chi connectivity index (χ0) is 17.3. The van der Waals surface area contributed by atoms with Crippen molar-refractivity contribution in [2.24, 2.45) is 0 Å². The minimum absolute atomic E-state index is 0.106. The molecule has 3 N–H and O–H groups in total. The molecule has 3 aromatic rings. The third-order valence-electron chi connectivity index (χ3n) is 3.57. The van der Waals surface area contributed by atoms with Crippen LogP contribution in [0.25, 0.3) is 11.0 Å². The van der Waals surface area contributed by atoms with Gasteiger partial charge in [-0.25, -0.2) is 4.79 Å². The Morgan fingerprint density at radius 3 is 2.42 bits per heavy atom. The van der Waals surface area contributed by atoms with E-state index in [1.807, 2.05) is 18.2 Å². The van der Waals surface area contributed by atoms with Crippen molar-refractivity contribution >= 4 is 32.8 Å². The molecule has 3 rings (SSSR count). The lowest BCUT2D eigenvalue weighted by Crippen LogP contribution is -2.13. The standard InChI is InChI=1S/C16H15BrN4O3/c1-23-10-3-8(4-11(6-10)24-2)13(17)9-5-12-14(19-7-9)15(18)21-16(22)20-12/h3-7,13H,1-2H3,(H3,18,20,21,22). The summed E-state index contributed by atoms with van der Waals surface area (Å²) >= 11 is 3.65. The number of nitrogens with two attached hydrogens (primary N) is 1. The number of hydrogen-bond acceptors (Lipinski definition) is 6. The van der Waals surface area contributed by atoms with Gasteiger partial charge in [-0.3, -0.25) is 4.98 Å². The van der Waals surface area contributed by atoms with Gasteiger partial charge in [-0.05, 0) is 29.3 Å². The zero-order valence-electron chi connectivity index (χ0n) is 13.0. The highest BCUT2D eigenvalue weighted by Gasteiger charge is 2.15. The number of fused-ring (bicyclic) bond motifs is 1. The lowest BCUT2D eigenvalue weighted by Gasteiger charge is -2.14. The van der Waals surface area contributed by atoms with E-state index in [2.05, 4.69) is 30.9 Å². The summed E-state index contributed by atoms with van der Waals surface area (Å²) in [7, 11) is 3.19. The van der Waals surface area contributed by atoms with E-state index >= 15 is 0 Å². The van der Waals surface area contributed by atoms with Crippen LogP contribution in [0, 0.1) is 0 Å².